The van der Waals surface area contributed by atoms with Crippen LogP contribution in [-0.4, -0.2) is 17.1 Å². The highest BCUT2D eigenvalue weighted by atomic mass is 32.1. The lowest BCUT2D eigenvalue weighted by Crippen LogP contribution is -2.24. The number of Topliss-reactive ketones (excluding diaryl/α,β-unsaturated/α-hetero) is 1. The molecule has 0 amide bonds. The summed E-state index contributed by atoms with van der Waals surface area (Å²) < 4.78 is 37.9. The summed E-state index contributed by atoms with van der Waals surface area (Å²) in [5, 5.41) is 18.3. The van der Waals surface area contributed by atoms with Gasteiger partial charge in [0.2, 0.25) is 0 Å². The van der Waals surface area contributed by atoms with Crippen molar-refractivity contribution >= 4 is 28.6 Å². The lowest BCUT2D eigenvalue weighted by atomic mass is 10.2. The standard InChI is InChI=1S/C14H9F3N2O2S/c15-14(16,17)13(21)11(12(20)10-7-4-8-22-10)19-18-9-5-2-1-3-6-9/h1-8,20H/b12-11+,19-18?. The third-order valence-corrected chi connectivity index (χ3v) is 3.35. The van der Waals surface area contributed by atoms with Crippen LogP contribution in [0.15, 0.2) is 63.8 Å². The van der Waals surface area contributed by atoms with Gasteiger partial charge in [-0.05, 0) is 23.6 Å². The zero-order chi connectivity index (χ0) is 16.2. The van der Waals surface area contributed by atoms with Gasteiger partial charge >= 0.3 is 6.18 Å². The number of ketones is 1. The molecule has 114 valence electrons. The van der Waals surface area contributed by atoms with Gasteiger partial charge in [0.25, 0.3) is 5.78 Å². The van der Waals surface area contributed by atoms with Gasteiger partial charge in [-0.2, -0.15) is 18.3 Å². The van der Waals surface area contributed by atoms with Gasteiger partial charge in [0.1, 0.15) is 0 Å². The van der Waals surface area contributed by atoms with E-state index in [0.29, 0.717) is 0 Å². The van der Waals surface area contributed by atoms with Crippen molar-refractivity contribution in [2.24, 2.45) is 10.2 Å². The molecule has 0 fully saturated rings. The van der Waals surface area contributed by atoms with Gasteiger partial charge in [0, 0.05) is 0 Å². The highest BCUT2D eigenvalue weighted by Gasteiger charge is 2.43. The molecule has 0 unspecified atom stereocenters. The van der Waals surface area contributed by atoms with Gasteiger partial charge < -0.3 is 5.11 Å². The van der Waals surface area contributed by atoms with Gasteiger partial charge in [-0.1, -0.05) is 24.3 Å². The number of allylic oxidation sites excluding steroid dienone is 1. The molecule has 0 aliphatic rings. The molecule has 0 bridgehead atoms. The van der Waals surface area contributed by atoms with Crippen molar-refractivity contribution in [2.45, 2.75) is 6.18 Å². The predicted molar refractivity (Wildman–Crippen MR) is 75.9 cm³/mol. The van der Waals surface area contributed by atoms with E-state index in [4.69, 9.17) is 0 Å². The van der Waals surface area contributed by atoms with E-state index < -0.39 is 23.4 Å². The van der Waals surface area contributed by atoms with E-state index in [0.717, 1.165) is 11.3 Å². The highest BCUT2D eigenvalue weighted by molar-refractivity contribution is 7.11. The average Bonchev–Trinajstić information content (AvgIpc) is 3.01. The second-order valence-electron chi connectivity index (χ2n) is 4.04. The zero-order valence-electron chi connectivity index (χ0n) is 10.9. The van der Waals surface area contributed by atoms with E-state index in [1.165, 1.54) is 24.3 Å². The molecule has 4 nitrogen and oxygen atoms in total. The molecule has 0 saturated heterocycles. The fourth-order valence-electron chi connectivity index (χ4n) is 1.47. The number of nitrogens with zero attached hydrogens (tertiary/aromatic N) is 2. The summed E-state index contributed by atoms with van der Waals surface area (Å²) in [6.45, 7) is 0. The predicted octanol–water partition coefficient (Wildman–Crippen LogP) is 4.89. The Labute approximate surface area is 127 Å². The van der Waals surface area contributed by atoms with Crippen LogP contribution in [0.5, 0.6) is 0 Å². The molecule has 0 radical (unpaired) electrons. The fraction of sp³-hybridized carbons (Fsp3) is 0.0714. The van der Waals surface area contributed by atoms with Gasteiger partial charge in [0.15, 0.2) is 11.5 Å². The maximum absolute atomic E-state index is 12.6. The minimum atomic E-state index is -5.16. The van der Waals surface area contributed by atoms with E-state index >= 15 is 0 Å². The van der Waals surface area contributed by atoms with E-state index in [-0.39, 0.29) is 10.6 Å². The van der Waals surface area contributed by atoms with Crippen LogP contribution in [0.2, 0.25) is 0 Å². The lowest BCUT2D eigenvalue weighted by molar-refractivity contribution is -0.166. The van der Waals surface area contributed by atoms with Gasteiger partial charge in [-0.3, -0.25) is 4.79 Å². The summed E-state index contributed by atoms with van der Waals surface area (Å²) in [7, 11) is 0. The largest absolute Gasteiger partial charge is 0.504 e. The number of aliphatic hydroxyl groups excluding tert-OH is 1. The maximum Gasteiger partial charge on any atom is 0.456 e. The number of benzene rings is 1. The first kappa shape index (κ1) is 15.9. The number of aliphatic hydroxyl groups is 1. The van der Waals surface area contributed by atoms with Crippen molar-refractivity contribution < 1.29 is 23.1 Å². The molecule has 0 aliphatic heterocycles. The summed E-state index contributed by atoms with van der Waals surface area (Å²) in [6, 6.07) is 10.8. The number of halogens is 3. The Morgan fingerprint density at radius 1 is 1.09 bits per heavy atom. The third-order valence-electron chi connectivity index (χ3n) is 2.47. The molecule has 1 aromatic heterocycles. The number of thiophene rings is 1. The van der Waals surface area contributed by atoms with E-state index in [9.17, 15) is 23.1 Å². The zero-order valence-corrected chi connectivity index (χ0v) is 11.7. The Balaban J connectivity index is 2.45. The quantitative estimate of drug-likeness (QED) is 0.494. The van der Waals surface area contributed by atoms with Crippen molar-refractivity contribution in [1.82, 2.24) is 0 Å². The maximum atomic E-state index is 12.6. The van der Waals surface area contributed by atoms with E-state index in [2.05, 4.69) is 10.2 Å². The van der Waals surface area contributed by atoms with Gasteiger partial charge in [-0.25, -0.2) is 0 Å². The first-order valence-corrected chi connectivity index (χ1v) is 6.83. The monoisotopic (exact) mass is 326 g/mol. The number of azo groups is 1. The van der Waals surface area contributed by atoms with Crippen LogP contribution in [0.3, 0.4) is 0 Å². The molecule has 1 N–H and O–H groups in total. The van der Waals surface area contributed by atoms with Crippen LogP contribution in [0.25, 0.3) is 5.76 Å². The average molecular weight is 326 g/mol. The Morgan fingerprint density at radius 3 is 2.32 bits per heavy atom. The van der Waals surface area contributed by atoms with Gasteiger partial charge in [0.05, 0.1) is 10.6 Å². The Bertz CT molecular complexity index is 707. The molecule has 0 atom stereocenters. The van der Waals surface area contributed by atoms with Crippen LogP contribution in [-0.2, 0) is 4.79 Å². The third kappa shape index (κ3) is 3.79. The number of carbonyl (C=O) groups excluding carboxylic acids is 1. The minimum Gasteiger partial charge on any atom is -0.504 e. The number of hydrogen-bond donors (Lipinski definition) is 1. The van der Waals surface area contributed by atoms with Crippen molar-refractivity contribution in [3.05, 3.63) is 58.4 Å². The van der Waals surface area contributed by atoms with Crippen molar-refractivity contribution in [3.8, 4) is 0 Å². The Morgan fingerprint density at radius 2 is 1.77 bits per heavy atom. The molecule has 2 rings (SSSR count). The number of hydrogen-bond acceptors (Lipinski definition) is 5. The number of carbonyl (C=O) groups is 1. The van der Waals surface area contributed by atoms with Crippen molar-refractivity contribution in [3.63, 3.8) is 0 Å². The topological polar surface area (TPSA) is 62.0 Å². The smallest absolute Gasteiger partial charge is 0.456 e. The highest BCUT2D eigenvalue weighted by Crippen LogP contribution is 2.29. The van der Waals surface area contributed by atoms with Crippen LogP contribution in [0.4, 0.5) is 18.9 Å². The molecule has 2 aromatic rings. The molecule has 1 aromatic carbocycles. The summed E-state index contributed by atoms with van der Waals surface area (Å²) in [5.41, 5.74) is -0.882. The summed E-state index contributed by atoms with van der Waals surface area (Å²) in [4.78, 5) is 11.5. The number of alkyl halides is 3. The second kappa shape index (κ2) is 6.52. The molecule has 0 saturated carbocycles. The first-order chi connectivity index (χ1) is 10.4. The minimum absolute atomic E-state index is 0.0969. The number of rotatable bonds is 4. The fourth-order valence-corrected chi connectivity index (χ4v) is 2.14. The summed E-state index contributed by atoms with van der Waals surface area (Å²) in [6.07, 6.45) is -5.16. The van der Waals surface area contributed by atoms with Crippen LogP contribution >= 0.6 is 11.3 Å². The van der Waals surface area contributed by atoms with Gasteiger partial charge in [-0.15, -0.1) is 16.5 Å². The molecule has 0 spiro atoms. The molecule has 0 aliphatic carbocycles. The van der Waals surface area contributed by atoms with E-state index in [1.807, 2.05) is 0 Å². The SMILES string of the molecule is O=C(/C(N=Nc1ccccc1)=C(\O)c1cccs1)C(F)(F)F. The Kier molecular flexibility index (Phi) is 4.71. The molecular formula is C14H9F3N2O2S. The molecular weight excluding hydrogens is 317 g/mol. The molecule has 22 heavy (non-hydrogen) atoms. The second-order valence-corrected chi connectivity index (χ2v) is 4.98. The normalized spacial score (nSPS) is 13.2. The van der Waals surface area contributed by atoms with Crippen LogP contribution in [0, 0.1) is 0 Å². The van der Waals surface area contributed by atoms with Crippen molar-refractivity contribution in [2.75, 3.05) is 0 Å². The Hall–Kier alpha value is -2.48. The van der Waals surface area contributed by atoms with Crippen molar-refractivity contribution in [1.29, 1.82) is 0 Å². The summed E-state index contributed by atoms with van der Waals surface area (Å²) in [5.74, 6) is -3.10. The first-order valence-electron chi connectivity index (χ1n) is 5.95. The molecule has 1 heterocycles. The van der Waals surface area contributed by atoms with Crippen LogP contribution in [0.1, 0.15) is 4.88 Å². The van der Waals surface area contributed by atoms with E-state index in [1.54, 1.807) is 23.6 Å². The lowest BCUT2D eigenvalue weighted by Gasteiger charge is -2.06. The van der Waals surface area contributed by atoms with Crippen LogP contribution < -0.4 is 0 Å². The summed E-state index contributed by atoms with van der Waals surface area (Å²) >= 11 is 0.980. The molecule has 8 heteroatoms.